The summed E-state index contributed by atoms with van der Waals surface area (Å²) in [6, 6.07) is 7.78. The molecule has 0 unspecified atom stereocenters. The molecular weight excluding hydrogens is 385 g/mol. The highest BCUT2D eigenvalue weighted by molar-refractivity contribution is 6.04. The Bertz CT molecular complexity index is 1110. The maximum absolute atomic E-state index is 14.3. The van der Waals surface area contributed by atoms with Crippen LogP contribution < -0.4 is 16.0 Å². The maximum atomic E-state index is 14.3. The lowest BCUT2D eigenvalue weighted by Gasteiger charge is -2.32. The molecule has 2 heterocycles. The fourth-order valence-corrected chi connectivity index (χ4v) is 3.59. The lowest BCUT2D eigenvalue weighted by Crippen LogP contribution is -2.43. The summed E-state index contributed by atoms with van der Waals surface area (Å²) in [7, 11) is 0. The largest absolute Gasteiger partial charge is 0.353 e. The van der Waals surface area contributed by atoms with Crippen LogP contribution in [0.4, 0.5) is 4.39 Å². The molecule has 3 rings (SSSR count). The molecule has 0 fully saturated rings. The second-order valence-corrected chi connectivity index (χ2v) is 7.05. The molecule has 1 radical (unpaired) electrons. The number of nitrogens with zero attached hydrogens (tertiary/aromatic N) is 2. The monoisotopic (exact) mass is 408 g/mol. The van der Waals surface area contributed by atoms with E-state index >= 15 is 0 Å². The van der Waals surface area contributed by atoms with Gasteiger partial charge >= 0.3 is 0 Å². The first kappa shape index (κ1) is 20.8. The number of rotatable bonds is 4. The summed E-state index contributed by atoms with van der Waals surface area (Å²) < 4.78 is 14.3. The van der Waals surface area contributed by atoms with Crippen molar-refractivity contribution in [2.45, 2.75) is 26.8 Å². The normalized spacial score (nSPS) is 17.9. The number of nitrogens with one attached hydrogen (secondary N) is 3. The Morgan fingerprint density at radius 3 is 2.63 bits per heavy atom. The van der Waals surface area contributed by atoms with Gasteiger partial charge in [0.15, 0.2) is 0 Å². The van der Waals surface area contributed by atoms with Gasteiger partial charge in [0.2, 0.25) is 11.8 Å². The summed E-state index contributed by atoms with van der Waals surface area (Å²) in [5, 5.41) is 26.5. The molecule has 1 aromatic rings. The van der Waals surface area contributed by atoms with Crippen molar-refractivity contribution in [1.82, 2.24) is 16.0 Å². The van der Waals surface area contributed by atoms with Crippen molar-refractivity contribution in [3.63, 3.8) is 0 Å². The third-order valence-corrected chi connectivity index (χ3v) is 5.16. The average molecular weight is 408 g/mol. The molecule has 1 aromatic carbocycles. The number of allylic oxidation sites excluding steroid dienone is 1. The molecule has 0 aliphatic carbocycles. The summed E-state index contributed by atoms with van der Waals surface area (Å²) in [6.45, 7) is 4.89. The predicted molar refractivity (Wildman–Crippen MR) is 110 cm³/mol. The lowest BCUT2D eigenvalue weighted by atomic mass is 9.83. The van der Waals surface area contributed by atoms with Crippen LogP contribution in [0, 0.1) is 40.4 Å². The Morgan fingerprint density at radius 1 is 1.27 bits per heavy atom. The molecule has 7 nitrogen and oxygen atoms in total. The molecule has 8 heteroatoms. The van der Waals surface area contributed by atoms with Crippen LogP contribution in [-0.2, 0) is 9.59 Å². The molecule has 0 aromatic heterocycles. The fraction of sp³-hybridized carbons (Fsp3) is 0.227. The Hall–Kier alpha value is -3.91. The number of hydrogen-bond donors (Lipinski definition) is 3. The SMILES string of the molecule is CC1=C([C@@H](C)C(=O)N[C@H](C)c2ccc(C#N)cc2F)C(=O)N[C]2C=CNC(C#N)=C21.[HH].[HH]. The summed E-state index contributed by atoms with van der Waals surface area (Å²) in [6.07, 6.45) is 3.20. The number of carbonyl (C=O) groups is 2. The Balaban J connectivity index is 0.00000256. The van der Waals surface area contributed by atoms with Crippen LogP contribution in [0.2, 0.25) is 0 Å². The molecule has 0 saturated heterocycles. The van der Waals surface area contributed by atoms with Gasteiger partial charge in [0, 0.05) is 25.8 Å². The highest BCUT2D eigenvalue weighted by Gasteiger charge is 2.36. The number of benzene rings is 1. The highest BCUT2D eigenvalue weighted by Crippen LogP contribution is 2.35. The number of hydrogen-bond acceptors (Lipinski definition) is 5. The quantitative estimate of drug-likeness (QED) is 0.708. The van der Waals surface area contributed by atoms with Gasteiger partial charge in [-0.3, -0.25) is 9.59 Å². The topological polar surface area (TPSA) is 118 Å². The van der Waals surface area contributed by atoms with Crippen molar-refractivity contribution in [3.05, 3.63) is 75.9 Å². The molecule has 0 saturated carbocycles. The zero-order valence-corrected chi connectivity index (χ0v) is 16.6. The third kappa shape index (κ3) is 3.68. The van der Waals surface area contributed by atoms with E-state index in [1.807, 2.05) is 6.07 Å². The van der Waals surface area contributed by atoms with Crippen molar-refractivity contribution in [2.24, 2.45) is 5.92 Å². The van der Waals surface area contributed by atoms with Gasteiger partial charge in [-0.2, -0.15) is 10.5 Å². The zero-order chi connectivity index (χ0) is 22.0. The van der Waals surface area contributed by atoms with Crippen LogP contribution in [0.25, 0.3) is 0 Å². The Kier molecular flexibility index (Phi) is 5.70. The summed E-state index contributed by atoms with van der Waals surface area (Å²) in [5.74, 6) is -2.31. The molecule has 3 N–H and O–H groups in total. The molecule has 0 spiro atoms. The van der Waals surface area contributed by atoms with Crippen LogP contribution in [0.3, 0.4) is 0 Å². The van der Waals surface area contributed by atoms with Crippen LogP contribution in [0.15, 0.2) is 52.9 Å². The first-order chi connectivity index (χ1) is 14.3. The van der Waals surface area contributed by atoms with Gasteiger partial charge in [-0.05, 0) is 44.6 Å². The van der Waals surface area contributed by atoms with Crippen molar-refractivity contribution in [1.29, 1.82) is 10.5 Å². The van der Waals surface area contributed by atoms with E-state index in [1.165, 1.54) is 12.1 Å². The van der Waals surface area contributed by atoms with E-state index in [4.69, 9.17) is 5.26 Å². The number of fused-ring (bicyclic) bond motifs is 1. The number of halogens is 1. The van der Waals surface area contributed by atoms with Gasteiger partial charge < -0.3 is 16.0 Å². The minimum absolute atomic E-state index is 0. The standard InChI is InChI=1S/C22H19FN5O2.2H2/c1-11-19(22(30)28-17-6-7-26-18(10-25)20(11)17)12(2)21(29)27-13(3)15-5-4-14(9-24)8-16(15)23;;/h4-8,12-13,26H,1-3H3,(H,27,29)(H,28,30);2*1H/t12-,13-;;/m1../s1. The molecule has 2 atom stereocenters. The van der Waals surface area contributed by atoms with E-state index in [9.17, 15) is 19.2 Å². The summed E-state index contributed by atoms with van der Waals surface area (Å²) in [4.78, 5) is 25.5. The maximum Gasteiger partial charge on any atom is 0.249 e. The summed E-state index contributed by atoms with van der Waals surface area (Å²) >= 11 is 0. The molecule has 2 aliphatic heterocycles. The van der Waals surface area contributed by atoms with Crippen LogP contribution in [-0.4, -0.2) is 11.8 Å². The van der Waals surface area contributed by atoms with Crippen LogP contribution in [0.5, 0.6) is 0 Å². The molecule has 0 bridgehead atoms. The predicted octanol–water partition coefficient (Wildman–Crippen LogP) is 2.88. The van der Waals surface area contributed by atoms with Crippen molar-refractivity contribution < 1.29 is 16.8 Å². The Labute approximate surface area is 176 Å². The van der Waals surface area contributed by atoms with E-state index in [-0.39, 0.29) is 25.3 Å². The number of amides is 2. The van der Waals surface area contributed by atoms with Gasteiger partial charge in [0.1, 0.15) is 23.6 Å². The molecule has 155 valence electrons. The van der Waals surface area contributed by atoms with E-state index in [0.717, 1.165) is 6.07 Å². The molecule has 2 amide bonds. The van der Waals surface area contributed by atoms with Gasteiger partial charge in [-0.1, -0.05) is 6.07 Å². The first-order valence-electron chi connectivity index (χ1n) is 9.25. The number of dihydropyridines is 1. The average Bonchev–Trinajstić information content (AvgIpc) is 2.72. The van der Waals surface area contributed by atoms with E-state index in [0.29, 0.717) is 17.2 Å². The highest BCUT2D eigenvalue weighted by atomic mass is 19.1. The van der Waals surface area contributed by atoms with Crippen LogP contribution >= 0.6 is 0 Å². The summed E-state index contributed by atoms with van der Waals surface area (Å²) in [5.41, 5.74) is 2.01. The second kappa shape index (κ2) is 8.22. The zero-order valence-electron chi connectivity index (χ0n) is 16.6. The van der Waals surface area contributed by atoms with Crippen molar-refractivity contribution >= 4 is 11.8 Å². The van der Waals surface area contributed by atoms with Gasteiger partial charge in [0.05, 0.1) is 23.6 Å². The van der Waals surface area contributed by atoms with Crippen molar-refractivity contribution in [3.8, 4) is 12.1 Å². The first-order valence-corrected chi connectivity index (χ1v) is 9.25. The van der Waals surface area contributed by atoms with Crippen molar-refractivity contribution in [2.75, 3.05) is 0 Å². The van der Waals surface area contributed by atoms with Gasteiger partial charge in [-0.15, -0.1) is 0 Å². The Morgan fingerprint density at radius 2 is 2.00 bits per heavy atom. The fourth-order valence-electron chi connectivity index (χ4n) is 3.59. The smallest absolute Gasteiger partial charge is 0.249 e. The minimum atomic E-state index is -0.839. The molecule has 2 aliphatic rings. The van der Waals surface area contributed by atoms with Gasteiger partial charge in [-0.25, -0.2) is 4.39 Å². The third-order valence-electron chi connectivity index (χ3n) is 5.16. The molecule has 30 heavy (non-hydrogen) atoms. The lowest BCUT2D eigenvalue weighted by molar-refractivity contribution is -0.126. The van der Waals surface area contributed by atoms with E-state index in [2.05, 4.69) is 22.0 Å². The van der Waals surface area contributed by atoms with E-state index in [1.54, 1.807) is 33.0 Å². The number of nitriles is 2. The number of carbonyl (C=O) groups excluding carboxylic acids is 2. The minimum Gasteiger partial charge on any atom is -0.353 e. The van der Waals surface area contributed by atoms with Crippen LogP contribution in [0.1, 0.15) is 40.8 Å². The second-order valence-electron chi connectivity index (χ2n) is 7.05. The van der Waals surface area contributed by atoms with Gasteiger partial charge in [0.25, 0.3) is 0 Å². The molecular formula is C22H23FN5O2. The van der Waals surface area contributed by atoms with E-state index < -0.39 is 29.6 Å².